The molecule has 3 rings (SSSR count). The lowest BCUT2D eigenvalue weighted by Gasteiger charge is -2.44. The lowest BCUT2D eigenvalue weighted by molar-refractivity contribution is -0.119. The minimum atomic E-state index is -0.0293. The predicted octanol–water partition coefficient (Wildman–Crippen LogP) is 2.25. The van der Waals surface area contributed by atoms with Crippen LogP contribution < -0.4 is 15.0 Å². The van der Waals surface area contributed by atoms with E-state index in [1.54, 1.807) is 7.11 Å². The van der Waals surface area contributed by atoms with Crippen molar-refractivity contribution in [1.29, 1.82) is 0 Å². The molecule has 0 bridgehead atoms. The van der Waals surface area contributed by atoms with Crippen LogP contribution in [0.2, 0.25) is 0 Å². The molecule has 1 saturated heterocycles. The molecule has 1 N–H and O–H groups in total. The fourth-order valence-electron chi connectivity index (χ4n) is 3.05. The van der Waals surface area contributed by atoms with Crippen molar-refractivity contribution in [3.05, 3.63) is 18.2 Å². The molecule has 2 aliphatic heterocycles. The Morgan fingerprint density at radius 3 is 3.06 bits per heavy atom. The highest BCUT2D eigenvalue weighted by molar-refractivity contribution is 6.04. The molecule has 2 atom stereocenters. The van der Waals surface area contributed by atoms with E-state index >= 15 is 0 Å². The van der Waals surface area contributed by atoms with Crippen molar-refractivity contribution in [2.45, 2.75) is 25.8 Å². The topological polar surface area (TPSA) is 41.6 Å². The predicted molar refractivity (Wildman–Crippen MR) is 71.2 cm³/mol. The van der Waals surface area contributed by atoms with Gasteiger partial charge in [0.05, 0.1) is 18.5 Å². The maximum Gasteiger partial charge on any atom is 0.247 e. The van der Waals surface area contributed by atoms with Gasteiger partial charge in [-0.25, -0.2) is 0 Å². The number of piperidine rings is 1. The molecule has 0 radical (unpaired) electrons. The Bertz CT molecular complexity index is 487. The number of hydrogen-bond donors (Lipinski definition) is 1. The van der Waals surface area contributed by atoms with Gasteiger partial charge in [0.1, 0.15) is 11.8 Å². The highest BCUT2D eigenvalue weighted by Gasteiger charge is 2.38. The van der Waals surface area contributed by atoms with Crippen LogP contribution in [0.4, 0.5) is 11.4 Å². The smallest absolute Gasteiger partial charge is 0.247 e. The summed E-state index contributed by atoms with van der Waals surface area (Å²) in [7, 11) is 1.67. The van der Waals surface area contributed by atoms with Crippen LogP contribution in [-0.4, -0.2) is 25.6 Å². The third-order valence-corrected chi connectivity index (χ3v) is 3.97. The Labute approximate surface area is 107 Å². The molecule has 2 unspecified atom stereocenters. The van der Waals surface area contributed by atoms with E-state index in [9.17, 15) is 4.79 Å². The maximum absolute atomic E-state index is 12.2. The van der Waals surface area contributed by atoms with Crippen LogP contribution in [-0.2, 0) is 4.79 Å². The molecule has 0 spiro atoms. The second-order valence-corrected chi connectivity index (χ2v) is 5.13. The van der Waals surface area contributed by atoms with Gasteiger partial charge in [-0.3, -0.25) is 4.79 Å². The SMILES string of the molecule is COc1ccc2c(c1)N1CCCC(C)C1C(=O)N2. The Morgan fingerprint density at radius 1 is 1.44 bits per heavy atom. The molecule has 2 heterocycles. The monoisotopic (exact) mass is 246 g/mol. The van der Waals surface area contributed by atoms with Crippen molar-refractivity contribution in [3.8, 4) is 5.75 Å². The summed E-state index contributed by atoms with van der Waals surface area (Å²) in [5.41, 5.74) is 1.98. The van der Waals surface area contributed by atoms with Crippen LogP contribution in [0, 0.1) is 5.92 Å². The number of carbonyl (C=O) groups is 1. The molecule has 0 saturated carbocycles. The van der Waals surface area contributed by atoms with Gasteiger partial charge in [0.15, 0.2) is 0 Å². The Morgan fingerprint density at radius 2 is 2.28 bits per heavy atom. The number of amides is 1. The quantitative estimate of drug-likeness (QED) is 0.826. The lowest BCUT2D eigenvalue weighted by atomic mass is 9.88. The number of rotatable bonds is 1. The van der Waals surface area contributed by atoms with Gasteiger partial charge in [-0.1, -0.05) is 6.92 Å². The normalized spacial score (nSPS) is 26.1. The Hall–Kier alpha value is -1.71. The van der Waals surface area contributed by atoms with Gasteiger partial charge in [0.25, 0.3) is 0 Å². The molecule has 0 aromatic heterocycles. The lowest BCUT2D eigenvalue weighted by Crippen LogP contribution is -2.54. The molecule has 18 heavy (non-hydrogen) atoms. The zero-order chi connectivity index (χ0) is 12.7. The average Bonchev–Trinajstić information content (AvgIpc) is 2.38. The summed E-state index contributed by atoms with van der Waals surface area (Å²) < 4.78 is 5.27. The van der Waals surface area contributed by atoms with Gasteiger partial charge in [0, 0.05) is 12.6 Å². The van der Waals surface area contributed by atoms with Crippen molar-refractivity contribution in [1.82, 2.24) is 0 Å². The van der Waals surface area contributed by atoms with Crippen LogP contribution in [0.15, 0.2) is 18.2 Å². The number of hydrogen-bond acceptors (Lipinski definition) is 3. The van der Waals surface area contributed by atoms with Crippen LogP contribution in [0.1, 0.15) is 19.8 Å². The second-order valence-electron chi connectivity index (χ2n) is 5.13. The third-order valence-electron chi connectivity index (χ3n) is 3.97. The summed E-state index contributed by atoms with van der Waals surface area (Å²) >= 11 is 0. The van der Waals surface area contributed by atoms with E-state index in [1.807, 2.05) is 18.2 Å². The molecule has 1 aromatic rings. The molecular formula is C14H18N2O2. The maximum atomic E-state index is 12.2. The van der Waals surface area contributed by atoms with Crippen molar-refractivity contribution >= 4 is 17.3 Å². The first kappa shape index (κ1) is 11.4. The summed E-state index contributed by atoms with van der Waals surface area (Å²) in [5.74, 6) is 1.36. The van der Waals surface area contributed by atoms with Crippen LogP contribution in [0.5, 0.6) is 5.75 Å². The first-order chi connectivity index (χ1) is 8.70. The molecule has 0 aliphatic carbocycles. The molecule has 1 fully saturated rings. The molecule has 4 heteroatoms. The zero-order valence-electron chi connectivity index (χ0n) is 10.8. The van der Waals surface area contributed by atoms with Gasteiger partial charge < -0.3 is 15.0 Å². The van der Waals surface area contributed by atoms with Gasteiger partial charge in [-0.15, -0.1) is 0 Å². The second kappa shape index (κ2) is 4.19. The first-order valence-electron chi connectivity index (χ1n) is 6.46. The molecule has 96 valence electrons. The standard InChI is InChI=1S/C14H18N2O2/c1-9-4-3-7-16-12-8-10(18-2)5-6-11(12)15-14(17)13(9)16/h5-6,8-9,13H,3-4,7H2,1-2H3,(H,15,17). The van der Waals surface area contributed by atoms with Gasteiger partial charge in [-0.2, -0.15) is 0 Å². The van der Waals surface area contributed by atoms with Crippen molar-refractivity contribution in [3.63, 3.8) is 0 Å². The van der Waals surface area contributed by atoms with E-state index in [0.717, 1.165) is 36.5 Å². The van der Waals surface area contributed by atoms with E-state index < -0.39 is 0 Å². The largest absolute Gasteiger partial charge is 0.497 e. The molecule has 2 aliphatic rings. The number of nitrogens with one attached hydrogen (secondary N) is 1. The Balaban J connectivity index is 2.05. The van der Waals surface area contributed by atoms with Crippen molar-refractivity contribution in [2.75, 3.05) is 23.9 Å². The molecule has 1 amide bonds. The third kappa shape index (κ3) is 1.64. The summed E-state index contributed by atoms with van der Waals surface area (Å²) in [6.07, 6.45) is 2.26. The molecular weight excluding hydrogens is 228 g/mol. The van der Waals surface area contributed by atoms with Crippen LogP contribution in [0.3, 0.4) is 0 Å². The van der Waals surface area contributed by atoms with Crippen LogP contribution >= 0.6 is 0 Å². The molecule has 1 aromatic carbocycles. The van der Waals surface area contributed by atoms with Gasteiger partial charge >= 0.3 is 0 Å². The fourth-order valence-corrected chi connectivity index (χ4v) is 3.05. The summed E-state index contributed by atoms with van der Waals surface area (Å²) in [4.78, 5) is 14.4. The number of benzene rings is 1. The van der Waals surface area contributed by atoms with E-state index in [2.05, 4.69) is 17.1 Å². The van der Waals surface area contributed by atoms with E-state index in [0.29, 0.717) is 5.92 Å². The van der Waals surface area contributed by atoms with Crippen LogP contribution in [0.25, 0.3) is 0 Å². The number of ether oxygens (including phenoxy) is 1. The number of anilines is 2. The fraction of sp³-hybridized carbons (Fsp3) is 0.500. The van der Waals surface area contributed by atoms with Gasteiger partial charge in [-0.05, 0) is 30.9 Å². The number of nitrogens with zero attached hydrogens (tertiary/aromatic N) is 1. The zero-order valence-corrected chi connectivity index (χ0v) is 10.8. The minimum Gasteiger partial charge on any atom is -0.497 e. The number of methoxy groups -OCH3 is 1. The number of fused-ring (bicyclic) bond motifs is 3. The van der Waals surface area contributed by atoms with E-state index in [1.165, 1.54) is 0 Å². The first-order valence-corrected chi connectivity index (χ1v) is 6.46. The van der Waals surface area contributed by atoms with Crippen molar-refractivity contribution in [2.24, 2.45) is 5.92 Å². The summed E-state index contributed by atoms with van der Waals surface area (Å²) in [5, 5.41) is 3.00. The summed E-state index contributed by atoms with van der Waals surface area (Å²) in [6.45, 7) is 3.10. The molecule has 4 nitrogen and oxygen atoms in total. The highest BCUT2D eigenvalue weighted by Crippen LogP contribution is 2.39. The summed E-state index contributed by atoms with van der Waals surface area (Å²) in [6, 6.07) is 5.78. The van der Waals surface area contributed by atoms with Gasteiger partial charge in [0.2, 0.25) is 5.91 Å². The number of carbonyl (C=O) groups excluding carboxylic acids is 1. The van der Waals surface area contributed by atoms with E-state index in [4.69, 9.17) is 4.74 Å². The average molecular weight is 246 g/mol. The van der Waals surface area contributed by atoms with Crippen molar-refractivity contribution < 1.29 is 9.53 Å². The van der Waals surface area contributed by atoms with E-state index in [-0.39, 0.29) is 11.9 Å². The minimum absolute atomic E-state index is 0.0293. The Kier molecular flexibility index (Phi) is 2.65. The highest BCUT2D eigenvalue weighted by atomic mass is 16.5.